The van der Waals surface area contributed by atoms with E-state index in [0.717, 1.165) is 36.9 Å². The molecule has 2 heterocycles. The van der Waals surface area contributed by atoms with E-state index in [2.05, 4.69) is 4.98 Å². The predicted molar refractivity (Wildman–Crippen MR) is 81.7 cm³/mol. The van der Waals surface area contributed by atoms with E-state index in [0.29, 0.717) is 19.1 Å². The summed E-state index contributed by atoms with van der Waals surface area (Å²) in [7, 11) is 0. The van der Waals surface area contributed by atoms with Gasteiger partial charge in [0.05, 0.1) is 18.8 Å². The molecule has 1 spiro atoms. The summed E-state index contributed by atoms with van der Waals surface area (Å²) in [5.74, 6) is 0.226. The van der Waals surface area contributed by atoms with Gasteiger partial charge in [0.2, 0.25) is 5.88 Å². The molecule has 0 unspecified atom stereocenters. The lowest BCUT2D eigenvalue weighted by atomic mass is 9.92. The molecule has 1 aliphatic carbocycles. The average Bonchev–Trinajstić information content (AvgIpc) is 2.89. The summed E-state index contributed by atoms with van der Waals surface area (Å²) in [6.07, 6.45) is 3.65. The highest BCUT2D eigenvalue weighted by molar-refractivity contribution is 5.28. The summed E-state index contributed by atoms with van der Waals surface area (Å²) >= 11 is 0. The summed E-state index contributed by atoms with van der Waals surface area (Å²) in [6.45, 7) is 6.84. The molecule has 0 amide bonds. The third-order valence-electron chi connectivity index (χ3n) is 4.43. The number of aliphatic hydroxyl groups is 1. The Morgan fingerprint density at radius 3 is 2.45 bits per heavy atom. The van der Waals surface area contributed by atoms with Gasteiger partial charge in [0.1, 0.15) is 6.10 Å². The summed E-state index contributed by atoms with van der Waals surface area (Å²) in [5.41, 5.74) is 0.780. The van der Waals surface area contributed by atoms with Crippen LogP contribution in [0.5, 0.6) is 5.88 Å². The first-order chi connectivity index (χ1) is 10.4. The van der Waals surface area contributed by atoms with E-state index >= 15 is 0 Å². The minimum absolute atomic E-state index is 0.127. The van der Waals surface area contributed by atoms with Crippen LogP contribution in [0.3, 0.4) is 0 Å². The number of hydrogen-bond donors (Lipinski definition) is 1. The predicted octanol–water partition coefficient (Wildman–Crippen LogP) is 2.68. The topological polar surface area (TPSA) is 60.8 Å². The minimum atomic E-state index is -0.895. The standard InChI is InChI=1S/C17H25NO4/c1-12-10-13(16(2,3)19)11-15(18-12)22-14-4-6-17(7-5-14)20-8-9-21-17/h10-11,14,19H,4-9H2,1-3H3. The van der Waals surface area contributed by atoms with Crippen LogP contribution in [0.4, 0.5) is 0 Å². The Balaban J connectivity index is 1.65. The maximum Gasteiger partial charge on any atom is 0.214 e. The van der Waals surface area contributed by atoms with Gasteiger partial charge in [0, 0.05) is 24.6 Å². The normalized spacial score (nSPS) is 22.2. The van der Waals surface area contributed by atoms with Gasteiger partial charge in [-0.1, -0.05) is 0 Å². The van der Waals surface area contributed by atoms with E-state index in [9.17, 15) is 5.11 Å². The molecule has 1 N–H and O–H groups in total. The van der Waals surface area contributed by atoms with Crippen LogP contribution in [0.1, 0.15) is 50.8 Å². The Labute approximate surface area is 131 Å². The largest absolute Gasteiger partial charge is 0.474 e. The van der Waals surface area contributed by atoms with Crippen molar-refractivity contribution < 1.29 is 19.3 Å². The van der Waals surface area contributed by atoms with Gasteiger partial charge in [0.25, 0.3) is 0 Å². The van der Waals surface area contributed by atoms with Gasteiger partial charge in [0.15, 0.2) is 5.79 Å². The zero-order valence-corrected chi connectivity index (χ0v) is 13.6. The maximum absolute atomic E-state index is 10.2. The van der Waals surface area contributed by atoms with Crippen LogP contribution in [0.15, 0.2) is 12.1 Å². The van der Waals surface area contributed by atoms with E-state index in [1.165, 1.54) is 0 Å². The smallest absolute Gasteiger partial charge is 0.214 e. The third kappa shape index (κ3) is 3.42. The molecule has 2 aliphatic rings. The molecule has 0 radical (unpaired) electrons. The zero-order valence-electron chi connectivity index (χ0n) is 13.6. The molecular formula is C17H25NO4. The molecule has 122 valence electrons. The van der Waals surface area contributed by atoms with Crippen LogP contribution in [-0.4, -0.2) is 35.2 Å². The molecule has 1 aromatic heterocycles. The lowest BCUT2D eigenvalue weighted by Crippen LogP contribution is -2.38. The molecule has 22 heavy (non-hydrogen) atoms. The van der Waals surface area contributed by atoms with Crippen molar-refractivity contribution >= 4 is 0 Å². The van der Waals surface area contributed by atoms with Gasteiger partial charge in [-0.2, -0.15) is 0 Å². The molecule has 5 nitrogen and oxygen atoms in total. The molecule has 1 saturated heterocycles. The first-order valence-corrected chi connectivity index (χ1v) is 8.02. The van der Waals surface area contributed by atoms with E-state index in [-0.39, 0.29) is 11.9 Å². The van der Waals surface area contributed by atoms with Crippen LogP contribution < -0.4 is 4.74 Å². The number of ether oxygens (including phenoxy) is 3. The van der Waals surface area contributed by atoms with Gasteiger partial charge in [-0.3, -0.25) is 0 Å². The third-order valence-corrected chi connectivity index (χ3v) is 4.43. The van der Waals surface area contributed by atoms with Crippen molar-refractivity contribution in [1.82, 2.24) is 4.98 Å². The van der Waals surface area contributed by atoms with Crippen LogP contribution in [0.25, 0.3) is 0 Å². The molecule has 1 aromatic rings. The Kier molecular flexibility index (Phi) is 4.14. The van der Waals surface area contributed by atoms with Gasteiger partial charge in [-0.25, -0.2) is 4.98 Å². The van der Waals surface area contributed by atoms with Crippen LogP contribution >= 0.6 is 0 Å². The molecule has 5 heteroatoms. The van der Waals surface area contributed by atoms with Crippen LogP contribution in [0.2, 0.25) is 0 Å². The van der Waals surface area contributed by atoms with Gasteiger partial charge in [-0.05, 0) is 45.2 Å². The second-order valence-corrected chi connectivity index (χ2v) is 6.82. The fourth-order valence-corrected chi connectivity index (χ4v) is 3.16. The summed E-state index contributed by atoms with van der Waals surface area (Å²) in [6, 6.07) is 3.73. The fourth-order valence-electron chi connectivity index (χ4n) is 3.16. The van der Waals surface area contributed by atoms with E-state index in [1.807, 2.05) is 19.1 Å². The molecule has 0 atom stereocenters. The van der Waals surface area contributed by atoms with Crippen molar-refractivity contribution in [1.29, 1.82) is 0 Å². The fraction of sp³-hybridized carbons (Fsp3) is 0.706. The minimum Gasteiger partial charge on any atom is -0.474 e. The maximum atomic E-state index is 10.2. The number of rotatable bonds is 3. The van der Waals surface area contributed by atoms with Crippen molar-refractivity contribution in [3.8, 4) is 5.88 Å². The van der Waals surface area contributed by atoms with Crippen molar-refractivity contribution in [2.24, 2.45) is 0 Å². The highest BCUT2D eigenvalue weighted by atomic mass is 16.7. The SMILES string of the molecule is Cc1cc(C(C)(C)O)cc(OC2CCC3(CC2)OCCO3)n1. The molecule has 2 fully saturated rings. The molecule has 1 saturated carbocycles. The number of nitrogens with zero attached hydrogens (tertiary/aromatic N) is 1. The summed E-state index contributed by atoms with van der Waals surface area (Å²) in [5, 5.41) is 10.2. The number of hydrogen-bond acceptors (Lipinski definition) is 5. The Morgan fingerprint density at radius 2 is 1.86 bits per heavy atom. The molecule has 0 bridgehead atoms. The number of pyridine rings is 1. The second-order valence-electron chi connectivity index (χ2n) is 6.82. The first-order valence-electron chi connectivity index (χ1n) is 8.02. The Morgan fingerprint density at radius 1 is 1.23 bits per heavy atom. The van der Waals surface area contributed by atoms with Crippen molar-refractivity contribution in [2.45, 2.75) is 63.9 Å². The second kappa shape index (κ2) is 5.80. The van der Waals surface area contributed by atoms with Crippen LogP contribution in [0, 0.1) is 6.92 Å². The molecule has 0 aromatic carbocycles. The van der Waals surface area contributed by atoms with Crippen LogP contribution in [-0.2, 0) is 15.1 Å². The van der Waals surface area contributed by atoms with E-state index < -0.39 is 5.60 Å². The zero-order chi connectivity index (χ0) is 15.8. The van der Waals surface area contributed by atoms with Gasteiger partial charge < -0.3 is 19.3 Å². The molecule has 3 rings (SSSR count). The molecular weight excluding hydrogens is 282 g/mol. The van der Waals surface area contributed by atoms with E-state index in [4.69, 9.17) is 14.2 Å². The monoisotopic (exact) mass is 307 g/mol. The van der Waals surface area contributed by atoms with Gasteiger partial charge in [-0.15, -0.1) is 0 Å². The van der Waals surface area contributed by atoms with Crippen molar-refractivity contribution in [3.05, 3.63) is 23.4 Å². The summed E-state index contributed by atoms with van der Waals surface area (Å²) in [4.78, 5) is 4.43. The highest BCUT2D eigenvalue weighted by Gasteiger charge is 2.41. The quantitative estimate of drug-likeness (QED) is 0.930. The average molecular weight is 307 g/mol. The number of aromatic nitrogens is 1. The van der Waals surface area contributed by atoms with Gasteiger partial charge >= 0.3 is 0 Å². The lowest BCUT2D eigenvalue weighted by Gasteiger charge is -2.35. The Bertz CT molecular complexity index is 522. The van der Waals surface area contributed by atoms with Crippen molar-refractivity contribution in [3.63, 3.8) is 0 Å². The molecule has 1 aliphatic heterocycles. The van der Waals surface area contributed by atoms with Crippen molar-refractivity contribution in [2.75, 3.05) is 13.2 Å². The Hall–Kier alpha value is -1.17. The lowest BCUT2D eigenvalue weighted by molar-refractivity contribution is -0.186. The van der Waals surface area contributed by atoms with E-state index in [1.54, 1.807) is 13.8 Å². The first kappa shape index (κ1) is 15.7. The number of aryl methyl sites for hydroxylation is 1. The summed E-state index contributed by atoms with van der Waals surface area (Å²) < 4.78 is 17.5. The highest BCUT2D eigenvalue weighted by Crippen LogP contribution is 2.37.